The van der Waals surface area contributed by atoms with E-state index in [1.807, 2.05) is 38.1 Å². The number of hydrogen-bond donors (Lipinski definition) is 2. The summed E-state index contributed by atoms with van der Waals surface area (Å²) in [7, 11) is 2.72. The Kier molecular flexibility index (Phi) is 7.76. The van der Waals surface area contributed by atoms with Crippen molar-refractivity contribution in [3.63, 3.8) is 0 Å². The van der Waals surface area contributed by atoms with E-state index >= 15 is 0 Å². The molecule has 0 aromatic heterocycles. The Balaban J connectivity index is 1.71. The first-order valence-corrected chi connectivity index (χ1v) is 11.2. The molecule has 0 spiro atoms. The molecule has 3 rings (SSSR count). The van der Waals surface area contributed by atoms with Gasteiger partial charge in [0.1, 0.15) is 12.7 Å². The molecule has 1 saturated heterocycles. The minimum absolute atomic E-state index is 0.104. The second-order valence-corrected chi connectivity index (χ2v) is 8.86. The van der Waals surface area contributed by atoms with Gasteiger partial charge < -0.3 is 24.8 Å². The number of hydrogen-bond acceptors (Lipinski definition) is 6. The fraction of sp³-hybridized carbons (Fsp3) is 0.370. The van der Waals surface area contributed by atoms with Crippen molar-refractivity contribution >= 4 is 17.6 Å². The zero-order valence-corrected chi connectivity index (χ0v) is 20.5. The summed E-state index contributed by atoms with van der Waals surface area (Å²) in [5.41, 5.74) is 0.997. The molecule has 35 heavy (non-hydrogen) atoms. The molecule has 8 heteroatoms. The number of likely N-dealkylation sites (N-methyl/N-ethyl adjacent to an activating group) is 2. The number of amides is 2. The number of ether oxygens (including phenoxy) is 2. The first-order chi connectivity index (χ1) is 16.5. The lowest BCUT2D eigenvalue weighted by Crippen LogP contribution is -2.62. The number of aliphatic hydroxyl groups is 1. The lowest BCUT2D eigenvalue weighted by atomic mass is 9.92. The molecule has 0 aliphatic carbocycles. The third kappa shape index (κ3) is 5.60. The van der Waals surface area contributed by atoms with Gasteiger partial charge in [0.2, 0.25) is 0 Å². The molecule has 1 fully saturated rings. The molecule has 2 aromatic carbocycles. The fourth-order valence-corrected chi connectivity index (χ4v) is 3.73. The number of rotatable bonds is 6. The first-order valence-electron chi connectivity index (χ1n) is 11.2. The highest BCUT2D eigenvalue weighted by Crippen LogP contribution is 2.32. The summed E-state index contributed by atoms with van der Waals surface area (Å²) in [6, 6.07) is 14.3. The van der Waals surface area contributed by atoms with Crippen LogP contribution in [0.3, 0.4) is 0 Å². The molecule has 1 heterocycles. The summed E-state index contributed by atoms with van der Waals surface area (Å²) in [5.74, 6) is 3.57. The van der Waals surface area contributed by atoms with Crippen molar-refractivity contribution in [2.24, 2.45) is 0 Å². The van der Waals surface area contributed by atoms with Crippen LogP contribution in [0.15, 0.2) is 48.5 Å². The van der Waals surface area contributed by atoms with E-state index in [0.717, 1.165) is 16.0 Å². The van der Waals surface area contributed by atoms with Crippen LogP contribution in [-0.4, -0.2) is 66.2 Å². The predicted molar refractivity (Wildman–Crippen MR) is 129 cm³/mol. The number of nitrogens with one attached hydrogen (secondary N) is 1. The van der Waals surface area contributed by atoms with Crippen LogP contribution in [0.5, 0.6) is 0 Å². The topological polar surface area (TPSA) is 105 Å². The smallest absolute Gasteiger partial charge is 0.254 e. The van der Waals surface area contributed by atoms with E-state index < -0.39 is 35.5 Å². The number of benzene rings is 2. The highest BCUT2D eigenvalue weighted by atomic mass is 16.7. The minimum atomic E-state index is -1.84. The zero-order chi connectivity index (χ0) is 25.8. The summed E-state index contributed by atoms with van der Waals surface area (Å²) in [4.78, 5) is 38.6. The Morgan fingerprint density at radius 2 is 1.63 bits per heavy atom. The Bertz CT molecular complexity index is 1140. The van der Waals surface area contributed by atoms with Crippen molar-refractivity contribution in [1.29, 1.82) is 0 Å². The van der Waals surface area contributed by atoms with Crippen molar-refractivity contribution in [2.75, 3.05) is 27.3 Å². The lowest BCUT2D eigenvalue weighted by molar-refractivity contribution is -0.143. The maximum atomic E-state index is 13.0. The molecule has 0 saturated carbocycles. The third-order valence-electron chi connectivity index (χ3n) is 6.11. The van der Waals surface area contributed by atoms with Crippen molar-refractivity contribution in [3.05, 3.63) is 70.8 Å². The highest BCUT2D eigenvalue weighted by molar-refractivity contribution is 6.14. The molecule has 8 nitrogen and oxygen atoms in total. The summed E-state index contributed by atoms with van der Waals surface area (Å²) in [6.07, 6.45) is -0.104. The van der Waals surface area contributed by atoms with Crippen LogP contribution in [0.25, 0.3) is 0 Å². The Morgan fingerprint density at radius 1 is 1.09 bits per heavy atom. The largest absolute Gasteiger partial charge is 0.388 e. The van der Waals surface area contributed by atoms with E-state index in [0.29, 0.717) is 12.2 Å². The van der Waals surface area contributed by atoms with Gasteiger partial charge in [0.25, 0.3) is 11.8 Å². The SMILES string of the molecule is CNC(=O)[C@@](C)(C(=O)CO)N(C)C(=O)c1ccc(C#Cc2ccc(C3COC(C)(C)O3)cc2)cc1. The maximum absolute atomic E-state index is 13.0. The standard InChI is InChI=1S/C27H30N2O6/c1-26(2)34-17-22(35-26)20-12-8-18(9-13-20)6-7-19-10-14-21(15-11-19)24(32)29(5)27(3,23(31)16-30)25(33)28-4/h8-15,22,30H,16-17H2,1-5H3,(H,28,33)/t22?,27-/m1/s1. The van der Waals surface area contributed by atoms with Crippen LogP contribution < -0.4 is 5.32 Å². The second-order valence-electron chi connectivity index (χ2n) is 8.86. The van der Waals surface area contributed by atoms with Crippen molar-refractivity contribution in [1.82, 2.24) is 10.2 Å². The van der Waals surface area contributed by atoms with Gasteiger partial charge in [0.05, 0.1) is 6.61 Å². The van der Waals surface area contributed by atoms with Crippen LogP contribution >= 0.6 is 0 Å². The number of aliphatic hydroxyl groups excluding tert-OH is 1. The zero-order valence-electron chi connectivity index (χ0n) is 20.5. The molecule has 2 aromatic rings. The van der Waals surface area contributed by atoms with Gasteiger partial charge in [-0.05, 0) is 62.7 Å². The predicted octanol–water partition coefficient (Wildman–Crippen LogP) is 2.05. The van der Waals surface area contributed by atoms with Crippen LogP contribution in [0, 0.1) is 11.8 Å². The minimum Gasteiger partial charge on any atom is -0.388 e. The summed E-state index contributed by atoms with van der Waals surface area (Å²) in [5, 5.41) is 11.7. The molecule has 1 unspecified atom stereocenters. The van der Waals surface area contributed by atoms with Gasteiger partial charge >= 0.3 is 0 Å². The molecule has 0 radical (unpaired) electrons. The summed E-state index contributed by atoms with van der Waals surface area (Å²) in [6.45, 7) is 4.73. The normalized spacial score (nSPS) is 18.1. The van der Waals surface area contributed by atoms with Crippen molar-refractivity contribution in [3.8, 4) is 11.8 Å². The highest BCUT2D eigenvalue weighted by Gasteiger charge is 2.46. The molecular weight excluding hydrogens is 448 g/mol. The summed E-state index contributed by atoms with van der Waals surface area (Å²) < 4.78 is 11.5. The van der Waals surface area contributed by atoms with E-state index in [4.69, 9.17) is 9.47 Å². The Morgan fingerprint density at radius 3 is 2.09 bits per heavy atom. The third-order valence-corrected chi connectivity index (χ3v) is 6.11. The van der Waals surface area contributed by atoms with E-state index in [2.05, 4.69) is 17.2 Å². The molecule has 184 valence electrons. The van der Waals surface area contributed by atoms with Crippen LogP contribution in [0.2, 0.25) is 0 Å². The molecule has 2 atom stereocenters. The van der Waals surface area contributed by atoms with Gasteiger partial charge in [0.15, 0.2) is 17.1 Å². The fourth-order valence-electron chi connectivity index (χ4n) is 3.73. The lowest BCUT2D eigenvalue weighted by Gasteiger charge is -2.35. The maximum Gasteiger partial charge on any atom is 0.254 e. The molecule has 2 N–H and O–H groups in total. The van der Waals surface area contributed by atoms with Crippen LogP contribution in [0.1, 0.15) is 53.9 Å². The van der Waals surface area contributed by atoms with Gasteiger partial charge in [-0.2, -0.15) is 0 Å². The van der Waals surface area contributed by atoms with E-state index in [9.17, 15) is 19.5 Å². The Labute approximate surface area is 205 Å². The second kappa shape index (κ2) is 10.4. The van der Waals surface area contributed by atoms with Crippen LogP contribution in [0.4, 0.5) is 0 Å². The van der Waals surface area contributed by atoms with Crippen molar-refractivity contribution in [2.45, 2.75) is 38.2 Å². The van der Waals surface area contributed by atoms with Gasteiger partial charge in [-0.1, -0.05) is 24.0 Å². The number of Topliss-reactive ketones (excluding diaryl/α,β-unsaturated/α-hetero) is 1. The molecule has 1 aliphatic rings. The van der Waals surface area contributed by atoms with E-state index in [-0.39, 0.29) is 11.7 Å². The molecule has 2 amide bonds. The monoisotopic (exact) mass is 478 g/mol. The molecule has 1 aliphatic heterocycles. The van der Waals surface area contributed by atoms with Gasteiger partial charge in [-0.15, -0.1) is 0 Å². The first kappa shape index (κ1) is 26.1. The number of carbonyl (C=O) groups excluding carboxylic acids is 3. The van der Waals surface area contributed by atoms with E-state index in [1.165, 1.54) is 21.0 Å². The average molecular weight is 479 g/mol. The summed E-state index contributed by atoms with van der Waals surface area (Å²) >= 11 is 0. The van der Waals surface area contributed by atoms with Crippen LogP contribution in [-0.2, 0) is 19.1 Å². The number of carbonyl (C=O) groups is 3. The average Bonchev–Trinajstić information content (AvgIpc) is 3.25. The molecule has 0 bridgehead atoms. The Hall–Kier alpha value is -3.51. The van der Waals surface area contributed by atoms with Gasteiger partial charge in [-0.3, -0.25) is 14.4 Å². The number of ketones is 1. The van der Waals surface area contributed by atoms with Gasteiger partial charge in [-0.25, -0.2) is 0 Å². The number of nitrogens with zero attached hydrogens (tertiary/aromatic N) is 1. The van der Waals surface area contributed by atoms with E-state index in [1.54, 1.807) is 24.3 Å². The van der Waals surface area contributed by atoms with Crippen molar-refractivity contribution < 1.29 is 29.0 Å². The quantitative estimate of drug-likeness (QED) is 0.486. The van der Waals surface area contributed by atoms with Gasteiger partial charge in [0, 0.05) is 30.8 Å². The molecular formula is C27H30N2O6.